The van der Waals surface area contributed by atoms with Crippen molar-refractivity contribution in [3.8, 4) is 0 Å². The lowest BCUT2D eigenvalue weighted by Gasteiger charge is -2.05. The molecule has 5 heteroatoms. The first-order valence-corrected chi connectivity index (χ1v) is 5.72. The fraction of sp³-hybridized carbons (Fsp3) is 0.200. The fourth-order valence-corrected chi connectivity index (χ4v) is 1.88. The summed E-state index contributed by atoms with van der Waals surface area (Å²) >= 11 is -2.17. The van der Waals surface area contributed by atoms with Gasteiger partial charge in [0.2, 0.25) is 0 Å². The summed E-state index contributed by atoms with van der Waals surface area (Å²) < 4.78 is 22.9. The van der Waals surface area contributed by atoms with Gasteiger partial charge < -0.3 is 9.54 Å². The minimum atomic E-state index is -2.17. The van der Waals surface area contributed by atoms with E-state index in [9.17, 15) is 8.76 Å². The van der Waals surface area contributed by atoms with Crippen LogP contribution in [0.1, 0.15) is 5.56 Å². The van der Waals surface area contributed by atoms with Crippen LogP contribution in [-0.4, -0.2) is 20.3 Å². The number of aromatic nitrogens is 1. The summed E-state index contributed by atoms with van der Waals surface area (Å²) in [6.07, 6.45) is 2.61. The lowest BCUT2D eigenvalue weighted by atomic mass is 10.1. The van der Waals surface area contributed by atoms with Crippen molar-refractivity contribution in [3.63, 3.8) is 0 Å². The second kappa shape index (κ2) is 4.57. The highest BCUT2D eigenvalue weighted by Crippen LogP contribution is 2.17. The zero-order valence-corrected chi connectivity index (χ0v) is 8.84. The predicted molar refractivity (Wildman–Crippen MR) is 58.9 cm³/mol. The van der Waals surface area contributed by atoms with Crippen molar-refractivity contribution in [2.75, 3.05) is 6.54 Å². The van der Waals surface area contributed by atoms with Crippen molar-refractivity contribution in [2.45, 2.75) is 6.42 Å². The van der Waals surface area contributed by atoms with Gasteiger partial charge in [-0.2, -0.15) is 0 Å². The molecule has 4 nitrogen and oxygen atoms in total. The average molecular weight is 223 g/mol. The first kappa shape index (κ1) is 10.4. The Labute approximate surface area is 90.1 Å². The van der Waals surface area contributed by atoms with Crippen molar-refractivity contribution < 1.29 is 8.76 Å². The smallest absolute Gasteiger partial charge is 0.0456 e. The Morgan fingerprint density at radius 2 is 2.20 bits per heavy atom. The molecule has 0 amide bonds. The standard InChI is InChI=1S/C10H12N2O2S/c13-15(14)12-6-5-8-7-11-10-4-2-1-3-9(8)10/h1-4,7,11-12H,5-6H2,(H,13,14)/p-1. The highest BCUT2D eigenvalue weighted by atomic mass is 32.2. The number of aromatic amines is 1. The van der Waals surface area contributed by atoms with Crippen LogP contribution in [0, 0.1) is 0 Å². The van der Waals surface area contributed by atoms with Crippen LogP contribution in [0.15, 0.2) is 30.5 Å². The Balaban J connectivity index is 2.11. The molecule has 15 heavy (non-hydrogen) atoms. The van der Waals surface area contributed by atoms with Gasteiger partial charge in [-0.3, -0.25) is 4.21 Å². The van der Waals surface area contributed by atoms with Crippen molar-refractivity contribution in [3.05, 3.63) is 36.0 Å². The van der Waals surface area contributed by atoms with Crippen LogP contribution < -0.4 is 4.72 Å². The third-order valence-corrected chi connectivity index (χ3v) is 2.73. The molecule has 1 heterocycles. The third kappa shape index (κ3) is 2.44. The number of rotatable bonds is 4. The van der Waals surface area contributed by atoms with E-state index in [0.717, 1.165) is 16.5 Å². The molecule has 1 atom stereocenters. The van der Waals surface area contributed by atoms with Gasteiger partial charge in [-0.25, -0.2) is 4.72 Å². The van der Waals surface area contributed by atoms with Gasteiger partial charge in [0.15, 0.2) is 0 Å². The monoisotopic (exact) mass is 223 g/mol. The van der Waals surface area contributed by atoms with Gasteiger partial charge in [-0.05, 0) is 18.1 Å². The molecule has 1 unspecified atom stereocenters. The van der Waals surface area contributed by atoms with E-state index in [4.69, 9.17) is 0 Å². The number of H-pyrrole nitrogens is 1. The average Bonchev–Trinajstić information content (AvgIpc) is 2.62. The lowest BCUT2D eigenvalue weighted by Crippen LogP contribution is -2.19. The summed E-state index contributed by atoms with van der Waals surface area (Å²) in [6, 6.07) is 7.96. The van der Waals surface area contributed by atoms with Crippen LogP contribution in [0.4, 0.5) is 0 Å². The Bertz CT molecular complexity index is 481. The first-order chi connectivity index (χ1) is 7.27. The number of hydrogen-bond acceptors (Lipinski definition) is 2. The molecule has 1 aromatic heterocycles. The van der Waals surface area contributed by atoms with E-state index < -0.39 is 11.3 Å². The van der Waals surface area contributed by atoms with Crippen LogP contribution in [0.5, 0.6) is 0 Å². The Morgan fingerprint density at radius 3 is 3.00 bits per heavy atom. The molecule has 2 rings (SSSR count). The highest BCUT2D eigenvalue weighted by molar-refractivity contribution is 7.77. The summed E-state index contributed by atoms with van der Waals surface area (Å²) in [5, 5.41) is 1.15. The largest absolute Gasteiger partial charge is 0.760 e. The minimum Gasteiger partial charge on any atom is -0.760 e. The number of para-hydroxylation sites is 1. The molecule has 0 bridgehead atoms. The number of fused-ring (bicyclic) bond motifs is 1. The fourth-order valence-electron chi connectivity index (χ4n) is 1.61. The Morgan fingerprint density at radius 1 is 1.40 bits per heavy atom. The maximum atomic E-state index is 10.3. The van der Waals surface area contributed by atoms with E-state index in [1.54, 1.807) is 0 Å². The summed E-state index contributed by atoms with van der Waals surface area (Å²) in [4.78, 5) is 3.14. The molecule has 0 fully saturated rings. The number of benzene rings is 1. The summed E-state index contributed by atoms with van der Waals surface area (Å²) in [5.74, 6) is 0. The maximum absolute atomic E-state index is 10.3. The molecule has 0 aliphatic rings. The zero-order valence-electron chi connectivity index (χ0n) is 8.03. The number of hydrogen-bond donors (Lipinski definition) is 2. The second-order valence-electron chi connectivity index (χ2n) is 3.24. The van der Waals surface area contributed by atoms with Crippen molar-refractivity contribution in [1.29, 1.82) is 0 Å². The topological polar surface area (TPSA) is 67.9 Å². The van der Waals surface area contributed by atoms with Gasteiger partial charge >= 0.3 is 0 Å². The van der Waals surface area contributed by atoms with Gasteiger partial charge in [0.05, 0.1) is 0 Å². The van der Waals surface area contributed by atoms with E-state index >= 15 is 0 Å². The molecule has 0 radical (unpaired) electrons. The molecule has 80 valence electrons. The van der Waals surface area contributed by atoms with Gasteiger partial charge in [0.25, 0.3) is 0 Å². The SMILES string of the molecule is O=S([O-])NCCc1c[nH]c2ccccc12. The van der Waals surface area contributed by atoms with E-state index in [0.29, 0.717) is 13.0 Å². The molecule has 0 aliphatic heterocycles. The second-order valence-corrected chi connectivity index (χ2v) is 4.00. The molecule has 0 spiro atoms. The molecule has 0 aliphatic carbocycles. The maximum Gasteiger partial charge on any atom is 0.0456 e. The van der Waals surface area contributed by atoms with Crippen LogP contribution in [-0.2, 0) is 17.7 Å². The normalized spacial score (nSPS) is 13.1. The van der Waals surface area contributed by atoms with Gasteiger partial charge in [0, 0.05) is 34.9 Å². The Kier molecular flexibility index (Phi) is 3.15. The molecule has 2 aromatic rings. The highest BCUT2D eigenvalue weighted by Gasteiger charge is 2.01. The molecular weight excluding hydrogens is 212 g/mol. The van der Waals surface area contributed by atoms with Gasteiger partial charge in [-0.15, -0.1) is 0 Å². The minimum absolute atomic E-state index is 0.429. The van der Waals surface area contributed by atoms with Crippen molar-refractivity contribution in [2.24, 2.45) is 0 Å². The van der Waals surface area contributed by atoms with Gasteiger partial charge in [-0.1, -0.05) is 18.2 Å². The van der Waals surface area contributed by atoms with Gasteiger partial charge in [0.1, 0.15) is 0 Å². The third-order valence-electron chi connectivity index (χ3n) is 2.29. The van der Waals surface area contributed by atoms with Crippen LogP contribution in [0.2, 0.25) is 0 Å². The predicted octanol–water partition coefficient (Wildman–Crippen LogP) is 1.09. The van der Waals surface area contributed by atoms with E-state index in [-0.39, 0.29) is 0 Å². The molecular formula is C10H11N2O2S-. The molecule has 2 N–H and O–H groups in total. The number of nitrogens with one attached hydrogen (secondary N) is 2. The van der Waals surface area contributed by atoms with Crippen molar-refractivity contribution >= 4 is 22.2 Å². The Hall–Kier alpha value is -1.17. The van der Waals surface area contributed by atoms with Crippen LogP contribution in [0.25, 0.3) is 10.9 Å². The van der Waals surface area contributed by atoms with Crippen LogP contribution >= 0.6 is 0 Å². The van der Waals surface area contributed by atoms with E-state index in [2.05, 4.69) is 9.71 Å². The summed E-state index contributed by atoms with van der Waals surface area (Å²) in [5.41, 5.74) is 2.21. The first-order valence-electron chi connectivity index (χ1n) is 4.65. The molecule has 1 aromatic carbocycles. The quantitative estimate of drug-likeness (QED) is 0.762. The summed E-state index contributed by atoms with van der Waals surface area (Å²) in [6.45, 7) is 0.429. The van der Waals surface area contributed by atoms with E-state index in [1.165, 1.54) is 0 Å². The summed E-state index contributed by atoms with van der Waals surface area (Å²) in [7, 11) is 0. The zero-order chi connectivity index (χ0) is 10.7. The van der Waals surface area contributed by atoms with Crippen LogP contribution in [0.3, 0.4) is 0 Å². The molecule has 0 saturated heterocycles. The lowest BCUT2D eigenvalue weighted by molar-refractivity contribution is 0.523. The van der Waals surface area contributed by atoms with Crippen molar-refractivity contribution in [1.82, 2.24) is 9.71 Å². The van der Waals surface area contributed by atoms with E-state index in [1.807, 2.05) is 30.5 Å². The molecule has 0 saturated carbocycles.